The third-order valence-corrected chi connectivity index (χ3v) is 5.32. The van der Waals surface area contributed by atoms with E-state index >= 15 is 0 Å². The van der Waals surface area contributed by atoms with Gasteiger partial charge in [0.05, 0.1) is 10.2 Å². The molecule has 0 saturated heterocycles. The van der Waals surface area contributed by atoms with Crippen LogP contribution in [0.25, 0.3) is 43.2 Å². The highest BCUT2D eigenvalue weighted by Gasteiger charge is 2.13. The Labute approximate surface area is 133 Å². The van der Waals surface area contributed by atoms with Crippen molar-refractivity contribution in [2.75, 3.05) is 0 Å². The van der Waals surface area contributed by atoms with Crippen molar-refractivity contribution in [3.8, 4) is 0 Å². The van der Waals surface area contributed by atoms with Crippen LogP contribution in [0, 0.1) is 0 Å². The molecule has 0 radical (unpaired) electrons. The molecule has 4 aromatic rings. The highest BCUT2D eigenvalue weighted by Crippen LogP contribution is 2.39. The topological polar surface area (TPSA) is 15.8 Å². The minimum atomic E-state index is 1.03. The van der Waals surface area contributed by atoms with E-state index in [1.807, 2.05) is 17.4 Å². The van der Waals surface area contributed by atoms with Crippen LogP contribution >= 0.6 is 11.3 Å². The van der Waals surface area contributed by atoms with Gasteiger partial charge in [0.25, 0.3) is 0 Å². The van der Waals surface area contributed by atoms with Gasteiger partial charge in [-0.15, -0.1) is 11.3 Å². The molecule has 0 amide bonds. The van der Waals surface area contributed by atoms with E-state index in [0.717, 1.165) is 12.1 Å². The van der Waals surface area contributed by atoms with Crippen LogP contribution in [-0.4, -0.2) is 4.98 Å². The number of fused-ring (bicyclic) bond motifs is 5. The molecule has 2 heteroatoms. The maximum Gasteiger partial charge on any atom is 0.0646 e. The number of rotatable bonds is 3. The largest absolute Gasteiger partial charge is 0.353 e. The fourth-order valence-corrected chi connectivity index (χ4v) is 4.28. The first-order valence-electron chi connectivity index (χ1n) is 7.58. The molecule has 2 aromatic heterocycles. The highest BCUT2D eigenvalue weighted by atomic mass is 32.1. The van der Waals surface area contributed by atoms with E-state index in [4.69, 9.17) is 0 Å². The summed E-state index contributed by atoms with van der Waals surface area (Å²) < 4.78 is 2.67. The number of H-pyrrole nitrogens is 1. The number of hydrogen-bond donors (Lipinski definition) is 1. The second-order valence-electron chi connectivity index (χ2n) is 5.43. The van der Waals surface area contributed by atoms with Gasteiger partial charge in [-0.2, -0.15) is 0 Å². The summed E-state index contributed by atoms with van der Waals surface area (Å²) in [5.41, 5.74) is 3.57. The fraction of sp³-hybridized carbons (Fsp3) is 0.100. The lowest BCUT2D eigenvalue weighted by Gasteiger charge is -1.95. The minimum absolute atomic E-state index is 1.03. The Balaban J connectivity index is 2.13. The van der Waals surface area contributed by atoms with E-state index in [1.54, 1.807) is 0 Å². The van der Waals surface area contributed by atoms with Gasteiger partial charge in [-0.3, -0.25) is 0 Å². The van der Waals surface area contributed by atoms with Gasteiger partial charge in [0.2, 0.25) is 0 Å². The van der Waals surface area contributed by atoms with Gasteiger partial charge >= 0.3 is 0 Å². The summed E-state index contributed by atoms with van der Waals surface area (Å²) in [6, 6.07) is 13.1. The zero-order valence-corrected chi connectivity index (χ0v) is 13.3. The van der Waals surface area contributed by atoms with E-state index in [2.05, 4.69) is 67.0 Å². The lowest BCUT2D eigenvalue weighted by Crippen LogP contribution is -1.74. The lowest BCUT2D eigenvalue weighted by molar-refractivity contribution is 1.23. The number of aromatic nitrogens is 1. The zero-order chi connectivity index (χ0) is 15.1. The Morgan fingerprint density at radius 1 is 1.09 bits per heavy atom. The van der Waals surface area contributed by atoms with Crippen molar-refractivity contribution >= 4 is 54.6 Å². The van der Waals surface area contributed by atoms with Crippen LogP contribution in [0.15, 0.2) is 49.1 Å². The van der Waals surface area contributed by atoms with Crippen LogP contribution in [-0.2, 0) is 0 Å². The molecule has 108 valence electrons. The van der Waals surface area contributed by atoms with Crippen LogP contribution in [0.5, 0.6) is 0 Å². The molecule has 0 unspecified atom stereocenters. The van der Waals surface area contributed by atoms with E-state index in [-0.39, 0.29) is 0 Å². The van der Waals surface area contributed by atoms with E-state index in [0.29, 0.717) is 0 Å². The van der Waals surface area contributed by atoms with E-state index in [9.17, 15) is 0 Å². The van der Waals surface area contributed by atoms with E-state index in [1.165, 1.54) is 36.6 Å². The number of thiophene rings is 1. The molecule has 0 aliphatic rings. The van der Waals surface area contributed by atoms with Crippen molar-refractivity contribution < 1.29 is 0 Å². The second kappa shape index (κ2) is 5.15. The summed E-state index contributed by atoms with van der Waals surface area (Å²) in [4.78, 5) is 3.61. The van der Waals surface area contributed by atoms with Gasteiger partial charge in [-0.05, 0) is 18.6 Å². The molecular formula is C20H17NS. The Morgan fingerprint density at radius 2 is 1.91 bits per heavy atom. The average molecular weight is 303 g/mol. The van der Waals surface area contributed by atoms with Gasteiger partial charge in [-0.25, -0.2) is 0 Å². The fourth-order valence-electron chi connectivity index (χ4n) is 3.07. The summed E-state index contributed by atoms with van der Waals surface area (Å²) in [5.74, 6) is 0. The Bertz CT molecular complexity index is 1030. The van der Waals surface area contributed by atoms with Crippen LogP contribution in [0.2, 0.25) is 0 Å². The van der Waals surface area contributed by atoms with Crippen molar-refractivity contribution in [3.63, 3.8) is 0 Å². The molecular weight excluding hydrogens is 286 g/mol. The first-order chi connectivity index (χ1) is 10.8. The average Bonchev–Trinajstić information content (AvgIpc) is 3.10. The normalized spacial score (nSPS) is 12.0. The van der Waals surface area contributed by atoms with Crippen LogP contribution in [0.4, 0.5) is 0 Å². The third-order valence-electron chi connectivity index (χ3n) is 4.11. The Kier molecular flexibility index (Phi) is 3.12. The van der Waals surface area contributed by atoms with Crippen molar-refractivity contribution in [3.05, 3.63) is 60.3 Å². The summed E-state index contributed by atoms with van der Waals surface area (Å²) >= 11 is 1.86. The maximum atomic E-state index is 3.99. The van der Waals surface area contributed by atoms with Crippen molar-refractivity contribution in [1.29, 1.82) is 0 Å². The predicted molar refractivity (Wildman–Crippen MR) is 101 cm³/mol. The molecule has 0 saturated carbocycles. The van der Waals surface area contributed by atoms with Gasteiger partial charge < -0.3 is 4.98 Å². The number of hydrogen-bond acceptors (Lipinski definition) is 1. The zero-order valence-electron chi connectivity index (χ0n) is 12.5. The summed E-state index contributed by atoms with van der Waals surface area (Å²) in [6.07, 6.45) is 7.33. The van der Waals surface area contributed by atoms with Crippen molar-refractivity contribution in [2.24, 2.45) is 0 Å². The Morgan fingerprint density at radius 3 is 2.73 bits per heavy atom. The van der Waals surface area contributed by atoms with Crippen molar-refractivity contribution in [1.82, 2.24) is 4.98 Å². The van der Waals surface area contributed by atoms with Crippen LogP contribution < -0.4 is 0 Å². The molecule has 0 aliphatic carbocycles. The predicted octanol–water partition coefficient (Wildman–Crippen LogP) is 6.60. The monoisotopic (exact) mass is 303 g/mol. The van der Waals surface area contributed by atoms with Gasteiger partial charge in [-0.1, -0.05) is 56.0 Å². The second-order valence-corrected chi connectivity index (χ2v) is 6.48. The molecule has 0 aliphatic heterocycles. The van der Waals surface area contributed by atoms with Crippen molar-refractivity contribution in [2.45, 2.75) is 13.3 Å². The SMILES string of the molecule is C=Cc1c(/C=C\CC)[nH]c2c1ccc1c3ccccc3sc12. The summed E-state index contributed by atoms with van der Waals surface area (Å²) in [5, 5.41) is 3.92. The molecule has 0 bridgehead atoms. The quantitative estimate of drug-likeness (QED) is 0.438. The lowest BCUT2D eigenvalue weighted by atomic mass is 10.1. The van der Waals surface area contributed by atoms with Crippen LogP contribution in [0.1, 0.15) is 24.6 Å². The molecule has 2 aromatic carbocycles. The first kappa shape index (κ1) is 13.4. The molecule has 0 spiro atoms. The Hall–Kier alpha value is -2.32. The molecule has 4 rings (SSSR count). The number of allylic oxidation sites excluding steroid dienone is 1. The molecule has 22 heavy (non-hydrogen) atoms. The molecule has 0 fully saturated rings. The third kappa shape index (κ3) is 1.84. The smallest absolute Gasteiger partial charge is 0.0646 e. The standard InChI is InChI=1S/C20H17NS/c1-3-5-9-17-13(4-2)15-11-12-16-14-8-6-7-10-18(14)22-20(16)19(15)21-17/h4-12,21H,2-3H2,1H3/b9-5-. The number of aromatic amines is 1. The minimum Gasteiger partial charge on any atom is -0.353 e. The molecule has 0 atom stereocenters. The summed E-state index contributed by atoms with van der Waals surface area (Å²) in [7, 11) is 0. The van der Waals surface area contributed by atoms with Gasteiger partial charge in [0.1, 0.15) is 0 Å². The molecule has 1 N–H and O–H groups in total. The number of nitrogens with one attached hydrogen (secondary N) is 1. The van der Waals surface area contributed by atoms with Gasteiger partial charge in [0, 0.05) is 32.1 Å². The van der Waals surface area contributed by atoms with Gasteiger partial charge in [0.15, 0.2) is 0 Å². The number of benzene rings is 2. The molecule has 2 heterocycles. The first-order valence-corrected chi connectivity index (χ1v) is 8.40. The maximum absolute atomic E-state index is 3.99. The highest BCUT2D eigenvalue weighted by molar-refractivity contribution is 7.26. The summed E-state index contributed by atoms with van der Waals surface area (Å²) in [6.45, 7) is 6.14. The molecule has 1 nitrogen and oxygen atoms in total. The van der Waals surface area contributed by atoms with Crippen LogP contribution in [0.3, 0.4) is 0 Å². The van der Waals surface area contributed by atoms with E-state index < -0.39 is 0 Å².